The van der Waals surface area contributed by atoms with Crippen LogP contribution in [0.15, 0.2) is 48.5 Å². The monoisotopic (exact) mass is 423 g/mol. The van der Waals surface area contributed by atoms with E-state index < -0.39 is 17.6 Å². The molecule has 2 amide bonds. The molecular formula is C20H20F3N3O2S. The molecule has 0 radical (unpaired) electrons. The van der Waals surface area contributed by atoms with Gasteiger partial charge in [-0.1, -0.05) is 19.4 Å². The van der Waals surface area contributed by atoms with Crippen LogP contribution >= 0.6 is 12.2 Å². The summed E-state index contributed by atoms with van der Waals surface area (Å²) in [6, 6.07) is 10.5. The maximum Gasteiger partial charge on any atom is 0.416 e. The summed E-state index contributed by atoms with van der Waals surface area (Å²) in [6.07, 6.45) is -2.44. The van der Waals surface area contributed by atoms with Crippen molar-refractivity contribution < 1.29 is 22.8 Å². The molecule has 0 aliphatic heterocycles. The van der Waals surface area contributed by atoms with Crippen LogP contribution in [0.4, 0.5) is 24.5 Å². The summed E-state index contributed by atoms with van der Waals surface area (Å²) in [7, 11) is 0. The zero-order valence-corrected chi connectivity index (χ0v) is 16.4. The van der Waals surface area contributed by atoms with Gasteiger partial charge >= 0.3 is 6.18 Å². The second kappa shape index (κ2) is 10.0. The average molecular weight is 423 g/mol. The largest absolute Gasteiger partial charge is 0.416 e. The number of amides is 2. The molecule has 0 saturated carbocycles. The quantitative estimate of drug-likeness (QED) is 0.575. The molecule has 2 aromatic rings. The number of thiocarbonyl (C=S) groups is 1. The number of carbonyl (C=O) groups excluding carboxylic acids is 2. The summed E-state index contributed by atoms with van der Waals surface area (Å²) in [4.78, 5) is 23.9. The van der Waals surface area contributed by atoms with Gasteiger partial charge in [-0.15, -0.1) is 0 Å². The molecule has 154 valence electrons. The normalized spacial score (nSPS) is 10.9. The van der Waals surface area contributed by atoms with Crippen molar-refractivity contribution in [3.63, 3.8) is 0 Å². The van der Waals surface area contributed by atoms with E-state index in [9.17, 15) is 22.8 Å². The van der Waals surface area contributed by atoms with Gasteiger partial charge in [0.1, 0.15) is 0 Å². The van der Waals surface area contributed by atoms with Crippen LogP contribution in [0, 0.1) is 0 Å². The highest BCUT2D eigenvalue weighted by molar-refractivity contribution is 7.80. The second-order valence-electron chi connectivity index (χ2n) is 6.22. The predicted octanol–water partition coefficient (Wildman–Crippen LogP) is 4.96. The number of hydrogen-bond acceptors (Lipinski definition) is 3. The first-order valence-electron chi connectivity index (χ1n) is 8.88. The van der Waals surface area contributed by atoms with Crippen LogP contribution < -0.4 is 16.0 Å². The minimum absolute atomic E-state index is 0.0444. The fraction of sp³-hybridized carbons (Fsp3) is 0.250. The zero-order chi connectivity index (χ0) is 21.4. The molecule has 3 N–H and O–H groups in total. The van der Waals surface area contributed by atoms with Crippen molar-refractivity contribution >= 4 is 40.5 Å². The Morgan fingerprint density at radius 2 is 1.69 bits per heavy atom. The van der Waals surface area contributed by atoms with Gasteiger partial charge in [0, 0.05) is 23.4 Å². The van der Waals surface area contributed by atoms with Gasteiger partial charge in [-0.3, -0.25) is 9.59 Å². The number of nitrogens with one attached hydrogen (secondary N) is 3. The number of benzene rings is 2. The lowest BCUT2D eigenvalue weighted by atomic mass is 10.1. The Bertz CT molecular complexity index is 883. The van der Waals surface area contributed by atoms with E-state index in [1.165, 1.54) is 24.3 Å². The van der Waals surface area contributed by atoms with Crippen molar-refractivity contribution in [3.05, 3.63) is 59.7 Å². The van der Waals surface area contributed by atoms with Gasteiger partial charge in [-0.05, 0) is 61.1 Å². The fourth-order valence-corrected chi connectivity index (χ4v) is 2.60. The van der Waals surface area contributed by atoms with Crippen LogP contribution in [0.3, 0.4) is 0 Å². The van der Waals surface area contributed by atoms with Gasteiger partial charge in [0.05, 0.1) is 5.56 Å². The molecule has 0 fully saturated rings. The minimum Gasteiger partial charge on any atom is -0.332 e. The summed E-state index contributed by atoms with van der Waals surface area (Å²) < 4.78 is 38.3. The molecule has 9 heteroatoms. The maximum absolute atomic E-state index is 12.8. The van der Waals surface area contributed by atoms with Crippen LogP contribution in [-0.4, -0.2) is 16.9 Å². The standard InChI is InChI=1S/C20H20F3N3O2S/c1-2-3-7-17(27)26-19(29)25-15-10-8-13(9-11-15)18(28)24-16-6-4-5-14(12-16)20(21,22)23/h4-6,8-12H,2-3,7H2,1H3,(H,24,28)(H2,25,26,27,29). The molecule has 0 aliphatic rings. The molecule has 0 aliphatic carbocycles. The van der Waals surface area contributed by atoms with Crippen molar-refractivity contribution in [2.75, 3.05) is 10.6 Å². The smallest absolute Gasteiger partial charge is 0.332 e. The van der Waals surface area contributed by atoms with Crippen LogP contribution in [0.25, 0.3) is 0 Å². The van der Waals surface area contributed by atoms with Crippen molar-refractivity contribution in [2.24, 2.45) is 0 Å². The first kappa shape index (κ1) is 22.4. The van der Waals surface area contributed by atoms with E-state index in [1.54, 1.807) is 12.1 Å². The Morgan fingerprint density at radius 3 is 2.31 bits per heavy atom. The molecule has 2 aromatic carbocycles. The Hall–Kier alpha value is -2.94. The molecule has 2 rings (SSSR count). The average Bonchev–Trinajstić information content (AvgIpc) is 2.66. The van der Waals surface area contributed by atoms with Crippen molar-refractivity contribution in [2.45, 2.75) is 32.4 Å². The molecule has 0 atom stereocenters. The number of alkyl halides is 3. The summed E-state index contributed by atoms with van der Waals surface area (Å²) in [5.74, 6) is -0.729. The highest BCUT2D eigenvalue weighted by atomic mass is 32.1. The first-order valence-corrected chi connectivity index (χ1v) is 9.29. The van der Waals surface area contributed by atoms with Gasteiger partial charge in [-0.2, -0.15) is 13.2 Å². The third kappa shape index (κ3) is 7.19. The molecular weight excluding hydrogens is 403 g/mol. The third-order valence-electron chi connectivity index (χ3n) is 3.86. The second-order valence-corrected chi connectivity index (χ2v) is 6.62. The van der Waals surface area contributed by atoms with Crippen LogP contribution in [0.1, 0.15) is 42.1 Å². The first-order chi connectivity index (χ1) is 13.7. The molecule has 0 saturated heterocycles. The molecule has 0 aromatic heterocycles. The maximum atomic E-state index is 12.8. The van der Waals surface area contributed by atoms with Crippen LogP contribution in [-0.2, 0) is 11.0 Å². The summed E-state index contributed by atoms with van der Waals surface area (Å²) in [6.45, 7) is 1.98. The number of hydrogen-bond donors (Lipinski definition) is 3. The van der Waals surface area contributed by atoms with E-state index in [0.29, 0.717) is 12.1 Å². The minimum atomic E-state index is -4.49. The number of rotatable bonds is 6. The van der Waals surface area contributed by atoms with Gasteiger partial charge in [0.15, 0.2) is 5.11 Å². The highest BCUT2D eigenvalue weighted by Crippen LogP contribution is 2.30. The van der Waals surface area contributed by atoms with Crippen molar-refractivity contribution in [1.29, 1.82) is 0 Å². The molecule has 0 unspecified atom stereocenters. The van der Waals surface area contributed by atoms with E-state index >= 15 is 0 Å². The predicted molar refractivity (Wildman–Crippen MR) is 110 cm³/mol. The highest BCUT2D eigenvalue weighted by Gasteiger charge is 2.30. The Kier molecular flexibility index (Phi) is 7.72. The molecule has 0 spiro atoms. The molecule has 5 nitrogen and oxygen atoms in total. The summed E-state index contributed by atoms with van der Waals surface area (Å²) >= 11 is 5.06. The SMILES string of the molecule is CCCCC(=O)NC(=S)Nc1ccc(C(=O)Nc2cccc(C(F)(F)F)c2)cc1. The van der Waals surface area contributed by atoms with E-state index in [4.69, 9.17) is 12.2 Å². The van der Waals surface area contributed by atoms with Crippen molar-refractivity contribution in [1.82, 2.24) is 5.32 Å². The summed E-state index contributed by atoms with van der Waals surface area (Å²) in [5.41, 5.74) is 0.0135. The van der Waals surface area contributed by atoms with Gasteiger partial charge < -0.3 is 16.0 Å². The third-order valence-corrected chi connectivity index (χ3v) is 4.07. The Balaban J connectivity index is 1.95. The van der Waals surface area contributed by atoms with Crippen LogP contribution in [0.5, 0.6) is 0 Å². The zero-order valence-electron chi connectivity index (χ0n) is 15.6. The number of halogens is 3. The lowest BCUT2D eigenvalue weighted by Gasteiger charge is -2.11. The van der Waals surface area contributed by atoms with Crippen molar-refractivity contribution in [3.8, 4) is 0 Å². The Morgan fingerprint density at radius 1 is 1.00 bits per heavy atom. The molecule has 0 heterocycles. The number of unbranched alkanes of at least 4 members (excludes halogenated alkanes) is 1. The lowest BCUT2D eigenvalue weighted by molar-refractivity contribution is -0.137. The topological polar surface area (TPSA) is 70.2 Å². The van der Waals surface area contributed by atoms with E-state index in [2.05, 4.69) is 16.0 Å². The van der Waals surface area contributed by atoms with Gasteiger partial charge in [-0.25, -0.2) is 0 Å². The fourth-order valence-electron chi connectivity index (χ4n) is 2.37. The van der Waals surface area contributed by atoms with E-state index in [-0.39, 0.29) is 22.3 Å². The molecule has 29 heavy (non-hydrogen) atoms. The van der Waals surface area contributed by atoms with E-state index in [1.807, 2.05) is 6.92 Å². The van der Waals surface area contributed by atoms with Gasteiger partial charge in [0.25, 0.3) is 5.91 Å². The summed E-state index contributed by atoms with van der Waals surface area (Å²) in [5, 5.41) is 7.97. The number of carbonyl (C=O) groups is 2. The number of anilines is 2. The lowest BCUT2D eigenvalue weighted by Crippen LogP contribution is -2.33. The van der Waals surface area contributed by atoms with E-state index in [0.717, 1.165) is 25.0 Å². The Labute approximate surface area is 171 Å². The molecule has 0 bridgehead atoms. The van der Waals surface area contributed by atoms with Gasteiger partial charge in [0.2, 0.25) is 5.91 Å². The van der Waals surface area contributed by atoms with Crippen LogP contribution in [0.2, 0.25) is 0 Å².